The molecule has 6 heteroatoms. The van der Waals surface area contributed by atoms with Gasteiger partial charge in [0.2, 0.25) is 0 Å². The number of nitro groups is 1. The third-order valence-electron chi connectivity index (χ3n) is 4.21. The van der Waals surface area contributed by atoms with Crippen LogP contribution in [0.5, 0.6) is 0 Å². The largest absolute Gasteiger partial charge is 0.374 e. The zero-order chi connectivity index (χ0) is 14.1. The monoisotopic (exact) mass is 340 g/mol. The standard InChI is InChI=1S/C14H17BrN2O3/c15-9-10-8-11(17(18)19)4-5-12(10)16-6-7-20-14-3-1-2-13(14)16/h4-5,8,13-14H,1-3,6-7,9H2. The maximum Gasteiger partial charge on any atom is 0.269 e. The summed E-state index contributed by atoms with van der Waals surface area (Å²) in [6.45, 7) is 1.60. The molecule has 2 aliphatic rings. The third kappa shape index (κ3) is 2.42. The van der Waals surface area contributed by atoms with Crippen LogP contribution in [0.2, 0.25) is 0 Å². The van der Waals surface area contributed by atoms with Gasteiger partial charge < -0.3 is 9.64 Å². The topological polar surface area (TPSA) is 55.6 Å². The summed E-state index contributed by atoms with van der Waals surface area (Å²) in [5.41, 5.74) is 2.24. The van der Waals surface area contributed by atoms with E-state index in [4.69, 9.17) is 4.74 Å². The Kier molecular flexibility index (Phi) is 3.94. The fourth-order valence-electron chi connectivity index (χ4n) is 3.30. The van der Waals surface area contributed by atoms with E-state index < -0.39 is 0 Å². The van der Waals surface area contributed by atoms with E-state index >= 15 is 0 Å². The molecule has 1 aromatic carbocycles. The lowest BCUT2D eigenvalue weighted by Gasteiger charge is -2.40. The number of morpholine rings is 1. The molecule has 0 bridgehead atoms. The van der Waals surface area contributed by atoms with Crippen molar-refractivity contribution in [3.8, 4) is 0 Å². The van der Waals surface area contributed by atoms with E-state index in [2.05, 4.69) is 20.8 Å². The number of nitro benzene ring substituents is 1. The van der Waals surface area contributed by atoms with Crippen molar-refractivity contribution in [3.05, 3.63) is 33.9 Å². The Labute approximate surface area is 126 Å². The van der Waals surface area contributed by atoms with Gasteiger partial charge in [-0.05, 0) is 30.9 Å². The zero-order valence-electron chi connectivity index (χ0n) is 11.1. The van der Waals surface area contributed by atoms with Crippen LogP contribution in [0.4, 0.5) is 11.4 Å². The molecule has 1 saturated carbocycles. The molecule has 1 aromatic rings. The van der Waals surface area contributed by atoms with Crippen molar-refractivity contribution in [2.75, 3.05) is 18.1 Å². The Morgan fingerprint density at radius 3 is 3.05 bits per heavy atom. The number of anilines is 1. The summed E-state index contributed by atoms with van der Waals surface area (Å²) >= 11 is 3.45. The van der Waals surface area contributed by atoms with E-state index in [1.54, 1.807) is 12.1 Å². The minimum absolute atomic E-state index is 0.152. The molecule has 0 amide bonds. The van der Waals surface area contributed by atoms with Crippen LogP contribution in [-0.2, 0) is 10.1 Å². The number of ether oxygens (including phenoxy) is 1. The number of hydrogen-bond acceptors (Lipinski definition) is 4. The van der Waals surface area contributed by atoms with Gasteiger partial charge in [0.1, 0.15) is 0 Å². The molecule has 20 heavy (non-hydrogen) atoms. The second-order valence-electron chi connectivity index (χ2n) is 5.30. The van der Waals surface area contributed by atoms with Crippen LogP contribution < -0.4 is 4.90 Å². The van der Waals surface area contributed by atoms with Gasteiger partial charge in [0.15, 0.2) is 0 Å². The first-order valence-corrected chi connectivity index (χ1v) is 8.04. The molecule has 2 atom stereocenters. The molecule has 0 N–H and O–H groups in total. The Bertz CT molecular complexity index is 523. The molecule has 2 fully saturated rings. The highest BCUT2D eigenvalue weighted by Gasteiger charge is 2.36. The summed E-state index contributed by atoms with van der Waals surface area (Å²) in [7, 11) is 0. The molecule has 1 saturated heterocycles. The molecule has 1 aliphatic heterocycles. The lowest BCUT2D eigenvalue weighted by atomic mass is 10.1. The SMILES string of the molecule is O=[N+]([O-])c1ccc(N2CCOC3CCCC32)c(CBr)c1. The van der Waals surface area contributed by atoms with Crippen LogP contribution in [-0.4, -0.2) is 30.2 Å². The van der Waals surface area contributed by atoms with E-state index in [9.17, 15) is 10.1 Å². The summed E-state index contributed by atoms with van der Waals surface area (Å²) in [4.78, 5) is 12.9. The number of hydrogen-bond donors (Lipinski definition) is 0. The Morgan fingerprint density at radius 2 is 2.30 bits per heavy atom. The molecule has 108 valence electrons. The smallest absolute Gasteiger partial charge is 0.269 e. The second-order valence-corrected chi connectivity index (χ2v) is 5.87. The van der Waals surface area contributed by atoms with Crippen LogP contribution in [0.1, 0.15) is 24.8 Å². The molecular formula is C14H17BrN2O3. The summed E-state index contributed by atoms with van der Waals surface area (Å²) in [5.74, 6) is 0. The van der Waals surface area contributed by atoms with Gasteiger partial charge in [-0.1, -0.05) is 15.9 Å². The van der Waals surface area contributed by atoms with Gasteiger partial charge in [-0.15, -0.1) is 0 Å². The molecule has 3 rings (SSSR count). The van der Waals surface area contributed by atoms with Gasteiger partial charge in [0.05, 0.1) is 23.7 Å². The Morgan fingerprint density at radius 1 is 1.45 bits per heavy atom. The average Bonchev–Trinajstić information content (AvgIpc) is 2.94. The predicted octanol–water partition coefficient (Wildman–Crippen LogP) is 3.25. The summed E-state index contributed by atoms with van der Waals surface area (Å²) < 4.78 is 5.83. The summed E-state index contributed by atoms with van der Waals surface area (Å²) in [6.07, 6.45) is 3.78. The highest BCUT2D eigenvalue weighted by molar-refractivity contribution is 9.08. The number of fused-ring (bicyclic) bond motifs is 1. The van der Waals surface area contributed by atoms with Crippen molar-refractivity contribution >= 4 is 27.3 Å². The fourth-order valence-corrected chi connectivity index (χ4v) is 3.75. The van der Waals surface area contributed by atoms with E-state index in [-0.39, 0.29) is 10.6 Å². The number of non-ortho nitro benzene ring substituents is 1. The Balaban J connectivity index is 1.94. The first kappa shape index (κ1) is 13.8. The number of benzene rings is 1. The molecule has 0 aromatic heterocycles. The van der Waals surface area contributed by atoms with Crippen LogP contribution in [0.3, 0.4) is 0 Å². The molecular weight excluding hydrogens is 324 g/mol. The first-order valence-electron chi connectivity index (χ1n) is 6.92. The molecule has 5 nitrogen and oxygen atoms in total. The van der Waals surface area contributed by atoms with Gasteiger partial charge in [-0.3, -0.25) is 10.1 Å². The highest BCUT2D eigenvalue weighted by Crippen LogP contribution is 2.36. The van der Waals surface area contributed by atoms with Crippen LogP contribution in [0.15, 0.2) is 18.2 Å². The van der Waals surface area contributed by atoms with Crippen molar-refractivity contribution in [1.82, 2.24) is 0 Å². The van der Waals surface area contributed by atoms with Crippen molar-refractivity contribution in [1.29, 1.82) is 0 Å². The molecule has 1 heterocycles. The normalized spacial score (nSPS) is 25.6. The zero-order valence-corrected chi connectivity index (χ0v) is 12.7. The first-order chi connectivity index (χ1) is 9.70. The minimum atomic E-state index is -0.340. The minimum Gasteiger partial charge on any atom is -0.374 e. The van der Waals surface area contributed by atoms with Gasteiger partial charge in [-0.25, -0.2) is 0 Å². The van der Waals surface area contributed by atoms with E-state index in [1.165, 1.54) is 6.42 Å². The predicted molar refractivity (Wildman–Crippen MR) is 80.5 cm³/mol. The van der Waals surface area contributed by atoms with Crippen LogP contribution >= 0.6 is 15.9 Å². The Hall–Kier alpha value is -1.14. The van der Waals surface area contributed by atoms with Crippen molar-refractivity contribution < 1.29 is 9.66 Å². The summed E-state index contributed by atoms with van der Waals surface area (Å²) in [5, 5.41) is 11.5. The molecule has 1 aliphatic carbocycles. The van der Waals surface area contributed by atoms with Gasteiger partial charge in [0.25, 0.3) is 5.69 Å². The number of alkyl halides is 1. The highest BCUT2D eigenvalue weighted by atomic mass is 79.9. The number of nitrogens with zero attached hydrogens (tertiary/aromatic N) is 2. The second kappa shape index (κ2) is 5.69. The van der Waals surface area contributed by atoms with E-state index in [0.29, 0.717) is 17.5 Å². The molecule has 2 unspecified atom stereocenters. The maximum atomic E-state index is 10.9. The lowest BCUT2D eigenvalue weighted by molar-refractivity contribution is -0.384. The van der Waals surface area contributed by atoms with Crippen molar-refractivity contribution in [3.63, 3.8) is 0 Å². The van der Waals surface area contributed by atoms with Crippen molar-refractivity contribution in [2.24, 2.45) is 0 Å². The van der Waals surface area contributed by atoms with E-state index in [1.807, 2.05) is 6.07 Å². The fraction of sp³-hybridized carbons (Fsp3) is 0.571. The lowest BCUT2D eigenvalue weighted by Crippen LogP contribution is -2.49. The summed E-state index contributed by atoms with van der Waals surface area (Å²) in [6, 6.07) is 5.57. The van der Waals surface area contributed by atoms with Gasteiger partial charge >= 0.3 is 0 Å². The van der Waals surface area contributed by atoms with E-state index in [0.717, 1.165) is 37.2 Å². The molecule has 0 spiro atoms. The van der Waals surface area contributed by atoms with Crippen LogP contribution in [0, 0.1) is 10.1 Å². The van der Waals surface area contributed by atoms with Crippen molar-refractivity contribution in [2.45, 2.75) is 36.7 Å². The van der Waals surface area contributed by atoms with Gasteiger partial charge in [-0.2, -0.15) is 0 Å². The number of rotatable bonds is 3. The van der Waals surface area contributed by atoms with Gasteiger partial charge in [0, 0.05) is 29.7 Å². The average molecular weight is 341 g/mol. The molecule has 0 radical (unpaired) electrons. The quantitative estimate of drug-likeness (QED) is 0.481. The van der Waals surface area contributed by atoms with Crippen LogP contribution in [0.25, 0.3) is 0 Å². The maximum absolute atomic E-state index is 10.9. The number of halogens is 1. The third-order valence-corrected chi connectivity index (χ3v) is 4.81.